The minimum absolute atomic E-state index is 0.0413. The third-order valence-electron chi connectivity index (χ3n) is 4.84. The number of hydrogen-bond acceptors (Lipinski definition) is 4. The van der Waals surface area contributed by atoms with Crippen molar-refractivity contribution in [3.8, 4) is 0 Å². The first-order valence-electron chi connectivity index (χ1n) is 9.13. The number of carbonyl (C=O) groups excluding carboxylic acids is 1. The molecule has 0 unspecified atom stereocenters. The molecule has 0 aliphatic carbocycles. The van der Waals surface area contributed by atoms with Gasteiger partial charge < -0.3 is 14.7 Å². The number of nitrogens with zero attached hydrogens (tertiary/aromatic N) is 4. The van der Waals surface area contributed by atoms with Crippen molar-refractivity contribution in [3.05, 3.63) is 54.0 Å². The Morgan fingerprint density at radius 1 is 1.08 bits per heavy atom. The summed E-state index contributed by atoms with van der Waals surface area (Å²) in [6.07, 6.45) is 1.70. The number of anilines is 2. The number of carbonyl (C=O) groups is 1. The first-order valence-corrected chi connectivity index (χ1v) is 9.13. The van der Waals surface area contributed by atoms with Crippen molar-refractivity contribution >= 4 is 17.4 Å². The molecule has 2 heterocycles. The Bertz CT molecular complexity index is 738. The number of halogens is 1. The van der Waals surface area contributed by atoms with Gasteiger partial charge in [-0.25, -0.2) is 9.37 Å². The molecule has 0 saturated carbocycles. The lowest BCUT2D eigenvalue weighted by atomic mass is 10.2. The van der Waals surface area contributed by atoms with Crippen LogP contribution in [0.4, 0.5) is 15.9 Å². The van der Waals surface area contributed by atoms with Crippen molar-refractivity contribution in [1.29, 1.82) is 0 Å². The maximum absolute atomic E-state index is 13.1. The molecule has 0 spiro atoms. The highest BCUT2D eigenvalue weighted by Gasteiger charge is 2.23. The molecule has 3 rings (SSSR count). The van der Waals surface area contributed by atoms with Crippen LogP contribution >= 0.6 is 0 Å². The van der Waals surface area contributed by atoms with Crippen molar-refractivity contribution in [3.63, 3.8) is 0 Å². The summed E-state index contributed by atoms with van der Waals surface area (Å²) in [4.78, 5) is 23.4. The third-order valence-corrected chi connectivity index (χ3v) is 4.84. The summed E-state index contributed by atoms with van der Waals surface area (Å²) < 4.78 is 13.1. The van der Waals surface area contributed by atoms with Gasteiger partial charge in [-0.3, -0.25) is 4.79 Å². The van der Waals surface area contributed by atoms with Crippen molar-refractivity contribution in [1.82, 2.24) is 9.88 Å². The molecule has 1 aliphatic heterocycles. The zero-order chi connectivity index (χ0) is 18.5. The monoisotopic (exact) mass is 356 g/mol. The van der Waals surface area contributed by atoms with Crippen LogP contribution in [0.15, 0.2) is 42.6 Å². The van der Waals surface area contributed by atoms with Gasteiger partial charge in [0.25, 0.3) is 5.91 Å². The van der Waals surface area contributed by atoms with E-state index < -0.39 is 0 Å². The second-order valence-corrected chi connectivity index (χ2v) is 6.33. The first kappa shape index (κ1) is 18.2. The second kappa shape index (κ2) is 8.17. The molecule has 1 saturated heterocycles. The van der Waals surface area contributed by atoms with E-state index in [4.69, 9.17) is 0 Å². The number of pyridine rings is 1. The molecule has 0 bridgehead atoms. The number of piperazine rings is 1. The van der Waals surface area contributed by atoms with E-state index in [9.17, 15) is 9.18 Å². The standard InChI is InChI=1S/C20H25FN4O/c1-3-23(4-2)19-15-16(9-10-22-19)20(26)25-13-11-24(12-14-25)18-7-5-17(21)6-8-18/h5-10,15H,3-4,11-14H2,1-2H3. The molecular weight excluding hydrogens is 331 g/mol. The van der Waals surface area contributed by atoms with E-state index in [1.165, 1.54) is 12.1 Å². The molecule has 2 aromatic rings. The van der Waals surface area contributed by atoms with E-state index in [0.717, 1.165) is 37.7 Å². The quantitative estimate of drug-likeness (QED) is 0.826. The molecule has 1 fully saturated rings. The summed E-state index contributed by atoms with van der Waals surface area (Å²) in [5, 5.41) is 0. The molecular formula is C20H25FN4O. The number of amides is 1. The lowest BCUT2D eigenvalue weighted by Crippen LogP contribution is -2.48. The minimum Gasteiger partial charge on any atom is -0.368 e. The van der Waals surface area contributed by atoms with E-state index in [2.05, 4.69) is 28.6 Å². The third kappa shape index (κ3) is 3.95. The number of aromatic nitrogens is 1. The molecule has 1 aromatic carbocycles. The van der Waals surface area contributed by atoms with Crippen LogP contribution in [0.3, 0.4) is 0 Å². The topological polar surface area (TPSA) is 39.7 Å². The van der Waals surface area contributed by atoms with Gasteiger partial charge in [-0.2, -0.15) is 0 Å². The highest BCUT2D eigenvalue weighted by molar-refractivity contribution is 5.95. The van der Waals surface area contributed by atoms with E-state index in [0.29, 0.717) is 18.7 Å². The minimum atomic E-state index is -0.232. The summed E-state index contributed by atoms with van der Waals surface area (Å²) in [5.41, 5.74) is 1.67. The Morgan fingerprint density at radius 3 is 2.35 bits per heavy atom. The molecule has 138 valence electrons. The second-order valence-electron chi connectivity index (χ2n) is 6.33. The van der Waals surface area contributed by atoms with E-state index >= 15 is 0 Å². The van der Waals surface area contributed by atoms with Gasteiger partial charge in [-0.05, 0) is 50.2 Å². The van der Waals surface area contributed by atoms with E-state index in [-0.39, 0.29) is 11.7 Å². The number of rotatable bonds is 5. The molecule has 6 heteroatoms. The molecule has 0 radical (unpaired) electrons. The van der Waals surface area contributed by atoms with Gasteiger partial charge in [-0.15, -0.1) is 0 Å². The van der Waals surface area contributed by atoms with Gasteiger partial charge in [-0.1, -0.05) is 0 Å². The van der Waals surface area contributed by atoms with Gasteiger partial charge in [0.2, 0.25) is 0 Å². The summed E-state index contributed by atoms with van der Waals surface area (Å²) in [5.74, 6) is 0.648. The Hall–Kier alpha value is -2.63. The van der Waals surface area contributed by atoms with Crippen LogP contribution in [0.5, 0.6) is 0 Å². The van der Waals surface area contributed by atoms with Crippen LogP contribution in [0, 0.1) is 5.82 Å². The first-order chi connectivity index (χ1) is 12.6. The summed E-state index contributed by atoms with van der Waals surface area (Å²) in [7, 11) is 0. The van der Waals surface area contributed by atoms with Crippen molar-refractivity contribution in [2.45, 2.75) is 13.8 Å². The lowest BCUT2D eigenvalue weighted by molar-refractivity contribution is 0.0746. The maximum atomic E-state index is 13.1. The molecule has 1 aromatic heterocycles. The SMILES string of the molecule is CCN(CC)c1cc(C(=O)N2CCN(c3ccc(F)cc3)CC2)ccn1. The van der Waals surface area contributed by atoms with Crippen LogP contribution in [-0.4, -0.2) is 55.1 Å². The summed E-state index contributed by atoms with van der Waals surface area (Å²) >= 11 is 0. The predicted molar refractivity (Wildman–Crippen MR) is 102 cm³/mol. The van der Waals surface area contributed by atoms with Gasteiger partial charge in [0.1, 0.15) is 11.6 Å². The average molecular weight is 356 g/mol. The predicted octanol–water partition coefficient (Wildman–Crippen LogP) is 3.03. The van der Waals surface area contributed by atoms with Crippen molar-refractivity contribution in [2.24, 2.45) is 0 Å². The van der Waals surface area contributed by atoms with Crippen LogP contribution in [0.25, 0.3) is 0 Å². The van der Waals surface area contributed by atoms with E-state index in [1.807, 2.05) is 11.0 Å². The number of hydrogen-bond donors (Lipinski definition) is 0. The Morgan fingerprint density at radius 2 is 1.73 bits per heavy atom. The van der Waals surface area contributed by atoms with Gasteiger partial charge in [0, 0.05) is 56.7 Å². The maximum Gasteiger partial charge on any atom is 0.254 e. The molecule has 1 aliphatic rings. The zero-order valence-corrected chi connectivity index (χ0v) is 15.4. The Kier molecular flexibility index (Phi) is 5.71. The molecule has 0 N–H and O–H groups in total. The summed E-state index contributed by atoms with van der Waals surface area (Å²) in [6, 6.07) is 10.2. The smallest absolute Gasteiger partial charge is 0.254 e. The van der Waals surface area contributed by atoms with Gasteiger partial charge >= 0.3 is 0 Å². The fourth-order valence-corrected chi connectivity index (χ4v) is 3.27. The van der Waals surface area contributed by atoms with Gasteiger partial charge in [0.15, 0.2) is 0 Å². The Labute approximate surface area is 154 Å². The van der Waals surface area contributed by atoms with Crippen molar-refractivity contribution < 1.29 is 9.18 Å². The van der Waals surface area contributed by atoms with Crippen molar-refractivity contribution in [2.75, 3.05) is 49.1 Å². The fraction of sp³-hybridized carbons (Fsp3) is 0.400. The highest BCUT2D eigenvalue weighted by atomic mass is 19.1. The van der Waals surface area contributed by atoms with Gasteiger partial charge in [0.05, 0.1) is 0 Å². The average Bonchev–Trinajstić information content (AvgIpc) is 2.69. The largest absolute Gasteiger partial charge is 0.368 e. The van der Waals surface area contributed by atoms with Crippen LogP contribution in [0.1, 0.15) is 24.2 Å². The zero-order valence-electron chi connectivity index (χ0n) is 15.4. The molecule has 1 amide bonds. The van der Waals surface area contributed by atoms with E-state index in [1.54, 1.807) is 24.4 Å². The normalized spacial score (nSPS) is 14.4. The fourth-order valence-electron chi connectivity index (χ4n) is 3.27. The molecule has 0 atom stereocenters. The number of benzene rings is 1. The molecule has 5 nitrogen and oxygen atoms in total. The van der Waals surface area contributed by atoms with Crippen LogP contribution < -0.4 is 9.80 Å². The summed E-state index contributed by atoms with van der Waals surface area (Å²) in [6.45, 7) is 8.66. The highest BCUT2D eigenvalue weighted by Crippen LogP contribution is 2.19. The molecule has 26 heavy (non-hydrogen) atoms. The van der Waals surface area contributed by atoms with Crippen LogP contribution in [-0.2, 0) is 0 Å². The Balaban J connectivity index is 1.65. The van der Waals surface area contributed by atoms with Crippen LogP contribution in [0.2, 0.25) is 0 Å². The lowest BCUT2D eigenvalue weighted by Gasteiger charge is -2.36.